The van der Waals surface area contributed by atoms with E-state index in [0.29, 0.717) is 6.61 Å². The van der Waals surface area contributed by atoms with Crippen molar-refractivity contribution >= 4 is 14.5 Å². The standard InChI is InChI=1S/C16H32O4Si/c1-6-9-10-11-12-13-14-21(5,18-8-3)20-15(4)19-16(17)7-2/h7,15H,2,6,8-14H2,1,3-5H3. The minimum absolute atomic E-state index is 0.463. The quantitative estimate of drug-likeness (QED) is 0.164. The molecule has 0 aromatic rings. The van der Waals surface area contributed by atoms with Crippen LogP contribution in [0.5, 0.6) is 0 Å². The van der Waals surface area contributed by atoms with Gasteiger partial charge in [-0.05, 0) is 26.4 Å². The number of carbonyl (C=O) groups excluding carboxylic acids is 1. The molecule has 4 nitrogen and oxygen atoms in total. The second-order valence-corrected chi connectivity index (χ2v) is 8.70. The van der Waals surface area contributed by atoms with Crippen LogP contribution in [0.15, 0.2) is 12.7 Å². The highest BCUT2D eigenvalue weighted by molar-refractivity contribution is 6.66. The Hall–Kier alpha value is -0.653. The van der Waals surface area contributed by atoms with E-state index in [1.807, 2.05) is 13.5 Å². The third-order valence-electron chi connectivity index (χ3n) is 3.30. The maximum absolute atomic E-state index is 11.2. The summed E-state index contributed by atoms with van der Waals surface area (Å²) in [6.07, 6.45) is 8.02. The van der Waals surface area contributed by atoms with Crippen molar-refractivity contribution < 1.29 is 18.4 Å². The molecule has 0 N–H and O–H groups in total. The van der Waals surface area contributed by atoms with Crippen LogP contribution in [0, 0.1) is 0 Å². The molecule has 2 atom stereocenters. The smallest absolute Gasteiger partial charge is 0.337 e. The summed E-state index contributed by atoms with van der Waals surface area (Å²) in [6.45, 7) is 12.0. The second kappa shape index (κ2) is 11.9. The molecule has 0 aliphatic carbocycles. The highest BCUT2D eigenvalue weighted by Gasteiger charge is 2.33. The van der Waals surface area contributed by atoms with Crippen LogP contribution < -0.4 is 0 Å². The summed E-state index contributed by atoms with van der Waals surface area (Å²) in [5.74, 6) is -0.463. The van der Waals surface area contributed by atoms with Gasteiger partial charge in [0.1, 0.15) is 0 Å². The molecule has 0 spiro atoms. The van der Waals surface area contributed by atoms with E-state index in [9.17, 15) is 4.79 Å². The Labute approximate surface area is 131 Å². The molecule has 0 bridgehead atoms. The topological polar surface area (TPSA) is 44.8 Å². The van der Waals surface area contributed by atoms with Crippen LogP contribution in [-0.4, -0.2) is 27.4 Å². The van der Waals surface area contributed by atoms with Gasteiger partial charge in [0, 0.05) is 12.7 Å². The zero-order valence-corrected chi connectivity index (χ0v) is 15.2. The minimum Gasteiger partial charge on any atom is -0.434 e. The summed E-state index contributed by atoms with van der Waals surface area (Å²) >= 11 is 0. The SMILES string of the molecule is C=CC(=O)OC(C)O[Si](C)(CCCCCCCC)OCC. The Morgan fingerprint density at radius 1 is 1.19 bits per heavy atom. The van der Waals surface area contributed by atoms with Crippen LogP contribution in [0.2, 0.25) is 12.6 Å². The zero-order chi connectivity index (χ0) is 16.1. The van der Waals surface area contributed by atoms with Crippen molar-refractivity contribution in [2.24, 2.45) is 0 Å². The summed E-state index contributed by atoms with van der Waals surface area (Å²) in [5, 5.41) is 0. The first kappa shape index (κ1) is 20.3. The number of unbranched alkanes of at least 4 members (excludes halogenated alkanes) is 5. The Morgan fingerprint density at radius 2 is 1.81 bits per heavy atom. The molecule has 0 rings (SSSR count). The molecule has 21 heavy (non-hydrogen) atoms. The van der Waals surface area contributed by atoms with Gasteiger partial charge in [-0.25, -0.2) is 4.79 Å². The fourth-order valence-corrected chi connectivity index (χ4v) is 4.87. The second-order valence-electron chi connectivity index (χ2n) is 5.41. The van der Waals surface area contributed by atoms with Crippen LogP contribution in [0.25, 0.3) is 0 Å². The van der Waals surface area contributed by atoms with Crippen molar-refractivity contribution in [1.82, 2.24) is 0 Å². The van der Waals surface area contributed by atoms with Crippen LogP contribution in [-0.2, 0) is 18.4 Å². The van der Waals surface area contributed by atoms with E-state index in [-0.39, 0.29) is 0 Å². The summed E-state index contributed by atoms with van der Waals surface area (Å²) in [4.78, 5) is 11.2. The molecule has 0 saturated heterocycles. The van der Waals surface area contributed by atoms with Crippen molar-refractivity contribution in [2.45, 2.75) is 78.2 Å². The zero-order valence-electron chi connectivity index (χ0n) is 14.2. The molecule has 0 radical (unpaired) electrons. The average molecular weight is 317 g/mol. The first-order valence-corrected chi connectivity index (χ1v) is 10.6. The fourth-order valence-electron chi connectivity index (χ4n) is 2.28. The third-order valence-corrected chi connectivity index (χ3v) is 6.29. The van der Waals surface area contributed by atoms with E-state index in [1.165, 1.54) is 32.1 Å². The Kier molecular flexibility index (Phi) is 11.6. The monoisotopic (exact) mass is 316 g/mol. The number of esters is 1. The molecule has 0 saturated carbocycles. The third kappa shape index (κ3) is 10.7. The minimum atomic E-state index is -2.27. The van der Waals surface area contributed by atoms with E-state index in [2.05, 4.69) is 13.5 Å². The van der Waals surface area contributed by atoms with Gasteiger partial charge in [-0.15, -0.1) is 0 Å². The summed E-state index contributed by atoms with van der Waals surface area (Å²) in [6, 6.07) is 0.933. The molecule has 0 fully saturated rings. The van der Waals surface area contributed by atoms with E-state index in [4.69, 9.17) is 13.6 Å². The van der Waals surface area contributed by atoms with E-state index >= 15 is 0 Å². The van der Waals surface area contributed by atoms with Crippen molar-refractivity contribution in [3.05, 3.63) is 12.7 Å². The lowest BCUT2D eigenvalue weighted by Gasteiger charge is -2.29. The van der Waals surface area contributed by atoms with E-state index in [0.717, 1.165) is 18.5 Å². The predicted molar refractivity (Wildman–Crippen MR) is 88.3 cm³/mol. The van der Waals surface area contributed by atoms with Crippen LogP contribution >= 0.6 is 0 Å². The molecular formula is C16H32O4Si. The van der Waals surface area contributed by atoms with Crippen molar-refractivity contribution in [2.75, 3.05) is 6.61 Å². The Bertz CT molecular complexity index is 296. The predicted octanol–water partition coefficient (Wildman–Crippen LogP) is 4.55. The highest BCUT2D eigenvalue weighted by Crippen LogP contribution is 2.21. The van der Waals surface area contributed by atoms with Gasteiger partial charge in [-0.2, -0.15) is 0 Å². The normalized spacial score (nSPS) is 15.2. The Balaban J connectivity index is 4.15. The van der Waals surface area contributed by atoms with Crippen LogP contribution in [0.4, 0.5) is 0 Å². The van der Waals surface area contributed by atoms with Gasteiger partial charge < -0.3 is 13.6 Å². The molecule has 0 aliphatic heterocycles. The molecule has 5 heteroatoms. The summed E-state index contributed by atoms with van der Waals surface area (Å²) in [5.41, 5.74) is 0. The molecule has 0 aromatic carbocycles. The van der Waals surface area contributed by atoms with Crippen molar-refractivity contribution in [3.63, 3.8) is 0 Å². The van der Waals surface area contributed by atoms with Gasteiger partial charge in [-0.3, -0.25) is 0 Å². The number of hydrogen-bond donors (Lipinski definition) is 0. The van der Waals surface area contributed by atoms with Crippen molar-refractivity contribution in [3.8, 4) is 0 Å². The molecule has 0 aliphatic rings. The summed E-state index contributed by atoms with van der Waals surface area (Å²) < 4.78 is 16.8. The maximum Gasteiger partial charge on any atom is 0.337 e. The lowest BCUT2D eigenvalue weighted by atomic mass is 10.1. The maximum atomic E-state index is 11.2. The number of ether oxygens (including phenoxy) is 1. The van der Waals surface area contributed by atoms with E-state index in [1.54, 1.807) is 6.92 Å². The molecule has 0 amide bonds. The molecule has 0 heterocycles. The Morgan fingerprint density at radius 3 is 2.38 bits per heavy atom. The van der Waals surface area contributed by atoms with Gasteiger partial charge in [0.05, 0.1) is 0 Å². The van der Waals surface area contributed by atoms with Gasteiger partial charge in [0.15, 0.2) is 6.29 Å². The fraction of sp³-hybridized carbons (Fsp3) is 0.812. The summed E-state index contributed by atoms with van der Waals surface area (Å²) in [7, 11) is -2.27. The van der Waals surface area contributed by atoms with Crippen LogP contribution in [0.3, 0.4) is 0 Å². The average Bonchev–Trinajstić information content (AvgIpc) is 2.42. The number of hydrogen-bond acceptors (Lipinski definition) is 4. The number of carbonyl (C=O) groups is 1. The lowest BCUT2D eigenvalue weighted by molar-refractivity contribution is -0.157. The molecule has 2 unspecified atom stereocenters. The first-order chi connectivity index (χ1) is 9.97. The largest absolute Gasteiger partial charge is 0.434 e. The van der Waals surface area contributed by atoms with E-state index < -0.39 is 20.8 Å². The molecule has 0 aromatic heterocycles. The van der Waals surface area contributed by atoms with Gasteiger partial charge in [0.25, 0.3) is 0 Å². The van der Waals surface area contributed by atoms with Gasteiger partial charge >= 0.3 is 14.5 Å². The van der Waals surface area contributed by atoms with Gasteiger partial charge in [-0.1, -0.05) is 52.0 Å². The first-order valence-electron chi connectivity index (χ1n) is 8.12. The highest BCUT2D eigenvalue weighted by atomic mass is 28.4. The van der Waals surface area contributed by atoms with Gasteiger partial charge in [0.2, 0.25) is 0 Å². The molecular weight excluding hydrogens is 284 g/mol. The lowest BCUT2D eigenvalue weighted by Crippen LogP contribution is -2.42. The van der Waals surface area contributed by atoms with Crippen LogP contribution in [0.1, 0.15) is 59.3 Å². The molecule has 124 valence electrons. The van der Waals surface area contributed by atoms with Crippen molar-refractivity contribution in [1.29, 1.82) is 0 Å². The number of rotatable bonds is 13.